The molecule has 2 rings (SSSR count). The predicted octanol–water partition coefficient (Wildman–Crippen LogP) is 2.60. The Balaban J connectivity index is 1.87. The molecule has 0 spiro atoms. The molecule has 3 unspecified atom stereocenters. The summed E-state index contributed by atoms with van der Waals surface area (Å²) in [5, 5.41) is 11.9. The molecule has 8 heteroatoms. The van der Waals surface area contributed by atoms with Gasteiger partial charge in [-0.15, -0.1) is 0 Å². The molecule has 0 aromatic heterocycles. The van der Waals surface area contributed by atoms with Gasteiger partial charge in [0, 0.05) is 25.7 Å². The first-order valence-electron chi connectivity index (χ1n) is 8.44. The van der Waals surface area contributed by atoms with E-state index in [2.05, 4.69) is 5.32 Å². The van der Waals surface area contributed by atoms with Gasteiger partial charge in [0.1, 0.15) is 0 Å². The molecule has 0 aromatic rings. The van der Waals surface area contributed by atoms with E-state index in [-0.39, 0.29) is 25.3 Å². The molecule has 2 aliphatic rings. The minimum absolute atomic E-state index is 0.0357. The molecule has 1 heterocycles. The van der Waals surface area contributed by atoms with Crippen molar-refractivity contribution in [3.63, 3.8) is 0 Å². The first-order valence-corrected chi connectivity index (χ1v) is 8.44. The summed E-state index contributed by atoms with van der Waals surface area (Å²) >= 11 is 0. The third-order valence-electron chi connectivity index (χ3n) is 5.16. The normalized spacial score (nSPS) is 27.5. The smallest absolute Gasteiger partial charge is 0.391 e. The van der Waals surface area contributed by atoms with Gasteiger partial charge in [-0.3, -0.25) is 9.59 Å². The topological polar surface area (TPSA) is 75.6 Å². The summed E-state index contributed by atoms with van der Waals surface area (Å²) in [5.74, 6) is -4.37. The number of carboxylic acids is 1. The molecule has 1 aliphatic heterocycles. The number of ether oxygens (including phenoxy) is 1. The van der Waals surface area contributed by atoms with Crippen LogP contribution < -0.4 is 5.32 Å². The lowest BCUT2D eigenvalue weighted by molar-refractivity contribution is -0.186. The highest BCUT2D eigenvalue weighted by molar-refractivity contribution is 5.79. The van der Waals surface area contributed by atoms with E-state index < -0.39 is 35.8 Å². The van der Waals surface area contributed by atoms with Crippen molar-refractivity contribution in [1.82, 2.24) is 5.32 Å². The summed E-state index contributed by atoms with van der Waals surface area (Å²) in [5.41, 5.74) is 0. The van der Waals surface area contributed by atoms with Gasteiger partial charge >= 0.3 is 12.1 Å². The molecular weight excluding hydrogens is 327 g/mol. The summed E-state index contributed by atoms with van der Waals surface area (Å²) in [6.07, 6.45) is -2.39. The van der Waals surface area contributed by atoms with Gasteiger partial charge in [0.15, 0.2) is 0 Å². The number of carbonyl (C=O) groups is 2. The van der Waals surface area contributed by atoms with Crippen LogP contribution in [0.4, 0.5) is 13.2 Å². The largest absolute Gasteiger partial charge is 0.481 e. The van der Waals surface area contributed by atoms with Crippen molar-refractivity contribution in [2.24, 2.45) is 23.7 Å². The van der Waals surface area contributed by atoms with E-state index in [9.17, 15) is 27.9 Å². The molecule has 1 amide bonds. The van der Waals surface area contributed by atoms with Gasteiger partial charge < -0.3 is 15.2 Å². The molecule has 1 aliphatic carbocycles. The molecule has 1 saturated carbocycles. The molecule has 0 aromatic carbocycles. The second-order valence-electron chi connectivity index (χ2n) is 6.74. The van der Waals surface area contributed by atoms with Gasteiger partial charge in [-0.25, -0.2) is 0 Å². The average Bonchev–Trinajstić information content (AvgIpc) is 2.55. The van der Waals surface area contributed by atoms with E-state index in [1.807, 2.05) is 0 Å². The lowest BCUT2D eigenvalue weighted by atomic mass is 9.80. The zero-order valence-electron chi connectivity index (χ0n) is 13.5. The molecule has 2 N–H and O–H groups in total. The summed E-state index contributed by atoms with van der Waals surface area (Å²) < 4.78 is 43.7. The molecule has 24 heavy (non-hydrogen) atoms. The molecule has 3 atom stereocenters. The molecule has 0 bridgehead atoms. The van der Waals surface area contributed by atoms with Crippen molar-refractivity contribution in [2.75, 3.05) is 19.8 Å². The van der Waals surface area contributed by atoms with Gasteiger partial charge in [-0.2, -0.15) is 13.2 Å². The maximum absolute atomic E-state index is 12.8. The number of carboxylic acid groups (broad SMARTS) is 1. The number of hydrogen-bond donors (Lipinski definition) is 2. The third-order valence-corrected chi connectivity index (χ3v) is 5.16. The van der Waals surface area contributed by atoms with E-state index in [1.54, 1.807) is 0 Å². The Labute approximate surface area is 138 Å². The lowest BCUT2D eigenvalue weighted by Crippen LogP contribution is -2.42. The molecule has 0 radical (unpaired) electrons. The molecule has 2 fully saturated rings. The van der Waals surface area contributed by atoms with Crippen LogP contribution in [-0.4, -0.2) is 42.9 Å². The second-order valence-corrected chi connectivity index (χ2v) is 6.74. The minimum atomic E-state index is -4.27. The fraction of sp³-hybridized carbons (Fsp3) is 0.875. The minimum Gasteiger partial charge on any atom is -0.481 e. The van der Waals surface area contributed by atoms with Crippen molar-refractivity contribution in [3.05, 3.63) is 0 Å². The summed E-state index contributed by atoms with van der Waals surface area (Å²) in [6, 6.07) is 0. The Morgan fingerprint density at radius 1 is 1.17 bits per heavy atom. The number of hydrogen-bond acceptors (Lipinski definition) is 3. The number of alkyl halides is 3. The van der Waals surface area contributed by atoms with Crippen molar-refractivity contribution in [2.45, 2.75) is 44.7 Å². The fourth-order valence-electron chi connectivity index (χ4n) is 3.65. The maximum atomic E-state index is 12.8. The average molecular weight is 351 g/mol. The molecule has 5 nitrogen and oxygen atoms in total. The van der Waals surface area contributed by atoms with E-state index in [0.29, 0.717) is 38.9 Å². The number of nitrogens with one attached hydrogen (secondary N) is 1. The monoisotopic (exact) mass is 351 g/mol. The fourth-order valence-corrected chi connectivity index (χ4v) is 3.65. The van der Waals surface area contributed by atoms with E-state index >= 15 is 0 Å². The zero-order valence-corrected chi connectivity index (χ0v) is 13.5. The number of aliphatic carboxylic acids is 1. The molecule has 1 saturated heterocycles. The Hall–Kier alpha value is -1.31. The first-order chi connectivity index (χ1) is 11.3. The van der Waals surface area contributed by atoms with Crippen LogP contribution in [0.3, 0.4) is 0 Å². The van der Waals surface area contributed by atoms with Crippen LogP contribution in [0.15, 0.2) is 0 Å². The first kappa shape index (κ1) is 19.0. The predicted molar refractivity (Wildman–Crippen MR) is 79.2 cm³/mol. The van der Waals surface area contributed by atoms with Gasteiger partial charge in [-0.05, 0) is 38.0 Å². The number of amides is 1. The van der Waals surface area contributed by atoms with Gasteiger partial charge in [0.2, 0.25) is 5.91 Å². The van der Waals surface area contributed by atoms with Gasteiger partial charge in [0.25, 0.3) is 0 Å². The van der Waals surface area contributed by atoms with E-state index in [1.165, 1.54) is 0 Å². The van der Waals surface area contributed by atoms with Crippen molar-refractivity contribution in [3.8, 4) is 0 Å². The lowest BCUT2D eigenvalue weighted by Gasteiger charge is -2.31. The van der Waals surface area contributed by atoms with E-state index in [0.717, 1.165) is 0 Å². The maximum Gasteiger partial charge on any atom is 0.391 e. The number of rotatable bonds is 5. The van der Waals surface area contributed by atoms with Crippen LogP contribution in [0.5, 0.6) is 0 Å². The van der Waals surface area contributed by atoms with Gasteiger partial charge in [0.05, 0.1) is 11.8 Å². The molecular formula is C16H24F3NO4. The van der Waals surface area contributed by atoms with Crippen LogP contribution in [0, 0.1) is 23.7 Å². The molecule has 138 valence electrons. The Morgan fingerprint density at radius 3 is 2.42 bits per heavy atom. The van der Waals surface area contributed by atoms with Gasteiger partial charge in [-0.1, -0.05) is 6.42 Å². The third kappa shape index (κ3) is 5.09. The highest BCUT2D eigenvalue weighted by atomic mass is 19.4. The van der Waals surface area contributed by atoms with Crippen molar-refractivity contribution >= 4 is 11.9 Å². The summed E-state index contributed by atoms with van der Waals surface area (Å²) in [6.45, 7) is 0.961. The van der Waals surface area contributed by atoms with Crippen LogP contribution in [0.25, 0.3) is 0 Å². The standard InChI is InChI=1S/C16H24F3NO4/c17-16(18,19)12-3-1-2-11(8-12)14(21)20-9-13(15(22)23)10-4-6-24-7-5-10/h10-13H,1-9H2,(H,20,21)(H,22,23). The summed E-state index contributed by atoms with van der Waals surface area (Å²) in [7, 11) is 0. The van der Waals surface area contributed by atoms with Crippen LogP contribution >= 0.6 is 0 Å². The quantitative estimate of drug-likeness (QED) is 0.798. The number of halogens is 3. The van der Waals surface area contributed by atoms with Crippen LogP contribution in [-0.2, 0) is 14.3 Å². The zero-order chi connectivity index (χ0) is 17.7. The van der Waals surface area contributed by atoms with Crippen LogP contribution in [0.2, 0.25) is 0 Å². The van der Waals surface area contributed by atoms with Crippen molar-refractivity contribution < 1.29 is 32.6 Å². The Morgan fingerprint density at radius 2 is 1.83 bits per heavy atom. The second kappa shape index (κ2) is 8.18. The highest BCUT2D eigenvalue weighted by Crippen LogP contribution is 2.40. The Bertz CT molecular complexity index is 449. The summed E-state index contributed by atoms with van der Waals surface area (Å²) in [4.78, 5) is 23.6. The number of carbonyl (C=O) groups excluding carboxylic acids is 1. The van der Waals surface area contributed by atoms with Crippen molar-refractivity contribution in [1.29, 1.82) is 0 Å². The highest BCUT2D eigenvalue weighted by Gasteiger charge is 2.43. The van der Waals surface area contributed by atoms with E-state index in [4.69, 9.17) is 4.74 Å². The SMILES string of the molecule is O=C(NCC(C(=O)O)C1CCOCC1)C1CCCC(C(F)(F)F)C1. The Kier molecular flexibility index (Phi) is 6.48. The van der Waals surface area contributed by atoms with Crippen LogP contribution in [0.1, 0.15) is 38.5 Å².